The number of para-hydroxylation sites is 1. The Balaban J connectivity index is 1.97. The lowest BCUT2D eigenvalue weighted by atomic mass is 10.1. The fourth-order valence-corrected chi connectivity index (χ4v) is 3.20. The summed E-state index contributed by atoms with van der Waals surface area (Å²) in [6.07, 6.45) is 0. The Morgan fingerprint density at radius 1 is 1.28 bits per heavy atom. The van der Waals surface area contributed by atoms with E-state index < -0.39 is 6.04 Å². The van der Waals surface area contributed by atoms with Crippen molar-refractivity contribution >= 4 is 29.1 Å². The molecule has 6 heteroatoms. The summed E-state index contributed by atoms with van der Waals surface area (Å²) in [6, 6.07) is 12.2. The minimum Gasteiger partial charge on any atom is -0.494 e. The van der Waals surface area contributed by atoms with Crippen LogP contribution in [0.4, 0.5) is 5.69 Å². The first-order valence-electron chi connectivity index (χ1n) is 8.10. The number of halogens is 1. The molecule has 1 aliphatic heterocycles. The van der Waals surface area contributed by atoms with E-state index in [-0.39, 0.29) is 11.8 Å². The van der Waals surface area contributed by atoms with E-state index in [1.165, 1.54) is 6.92 Å². The quantitative estimate of drug-likeness (QED) is 0.890. The van der Waals surface area contributed by atoms with Gasteiger partial charge in [-0.2, -0.15) is 0 Å². The Hall–Kier alpha value is -2.53. The van der Waals surface area contributed by atoms with Crippen molar-refractivity contribution in [2.24, 2.45) is 0 Å². The zero-order valence-electron chi connectivity index (χ0n) is 14.1. The van der Waals surface area contributed by atoms with Crippen molar-refractivity contribution < 1.29 is 14.3 Å². The van der Waals surface area contributed by atoms with Crippen molar-refractivity contribution in [3.8, 4) is 5.75 Å². The third-order valence-electron chi connectivity index (χ3n) is 4.05. The van der Waals surface area contributed by atoms with Crippen LogP contribution >= 0.6 is 11.6 Å². The second kappa shape index (κ2) is 7.15. The highest BCUT2D eigenvalue weighted by atomic mass is 35.5. The van der Waals surface area contributed by atoms with Gasteiger partial charge in [-0.15, -0.1) is 0 Å². The molecule has 1 atom stereocenters. The van der Waals surface area contributed by atoms with Gasteiger partial charge < -0.3 is 15.0 Å². The first-order valence-corrected chi connectivity index (χ1v) is 8.47. The van der Waals surface area contributed by atoms with Crippen molar-refractivity contribution in [1.29, 1.82) is 0 Å². The number of anilines is 1. The third-order valence-corrected chi connectivity index (χ3v) is 4.29. The SMILES string of the molecule is CCOc1ccccc1CN1C(=O)[C@H](NC(C)=O)c2cc(Cl)ccc21. The van der Waals surface area contributed by atoms with Gasteiger partial charge in [0, 0.05) is 28.8 Å². The average Bonchev–Trinajstić information content (AvgIpc) is 2.81. The number of carbonyl (C=O) groups excluding carboxylic acids is 2. The summed E-state index contributed by atoms with van der Waals surface area (Å²) in [5.74, 6) is 0.302. The molecule has 0 radical (unpaired) electrons. The van der Waals surface area contributed by atoms with Crippen LogP contribution in [0.2, 0.25) is 5.02 Å². The molecule has 0 bridgehead atoms. The van der Waals surface area contributed by atoms with Crippen LogP contribution < -0.4 is 15.0 Å². The molecule has 0 spiro atoms. The monoisotopic (exact) mass is 358 g/mol. The van der Waals surface area contributed by atoms with E-state index in [9.17, 15) is 9.59 Å². The van der Waals surface area contributed by atoms with Crippen molar-refractivity contribution in [1.82, 2.24) is 5.32 Å². The Morgan fingerprint density at radius 3 is 2.76 bits per heavy atom. The van der Waals surface area contributed by atoms with E-state index in [0.29, 0.717) is 23.7 Å². The number of benzene rings is 2. The van der Waals surface area contributed by atoms with Crippen molar-refractivity contribution in [2.45, 2.75) is 26.4 Å². The molecule has 1 N–H and O–H groups in total. The molecular formula is C19H19ClN2O3. The smallest absolute Gasteiger partial charge is 0.254 e. The number of rotatable bonds is 5. The number of nitrogens with zero attached hydrogens (tertiary/aromatic N) is 1. The average molecular weight is 359 g/mol. The summed E-state index contributed by atoms with van der Waals surface area (Å²) in [7, 11) is 0. The molecule has 0 aromatic heterocycles. The number of amides is 2. The van der Waals surface area contributed by atoms with Gasteiger partial charge in [0.25, 0.3) is 5.91 Å². The van der Waals surface area contributed by atoms with Crippen LogP contribution in [0.1, 0.15) is 31.0 Å². The van der Waals surface area contributed by atoms with Gasteiger partial charge in [0.05, 0.1) is 13.2 Å². The number of hydrogen-bond acceptors (Lipinski definition) is 3. The molecule has 2 aromatic rings. The fraction of sp³-hybridized carbons (Fsp3) is 0.263. The molecule has 2 aromatic carbocycles. The van der Waals surface area contributed by atoms with Crippen LogP contribution in [0.3, 0.4) is 0 Å². The van der Waals surface area contributed by atoms with Gasteiger partial charge in [-0.05, 0) is 31.2 Å². The topological polar surface area (TPSA) is 58.6 Å². The minimum absolute atomic E-state index is 0.182. The van der Waals surface area contributed by atoms with E-state index >= 15 is 0 Å². The summed E-state index contributed by atoms with van der Waals surface area (Å²) in [4.78, 5) is 26.1. The van der Waals surface area contributed by atoms with E-state index in [0.717, 1.165) is 17.0 Å². The van der Waals surface area contributed by atoms with Gasteiger partial charge in [-0.3, -0.25) is 9.59 Å². The maximum Gasteiger partial charge on any atom is 0.254 e. The Labute approximate surface area is 151 Å². The van der Waals surface area contributed by atoms with Crippen LogP contribution in [0.15, 0.2) is 42.5 Å². The largest absolute Gasteiger partial charge is 0.494 e. The Kier molecular flexibility index (Phi) is 4.95. The lowest BCUT2D eigenvalue weighted by Crippen LogP contribution is -2.36. The van der Waals surface area contributed by atoms with Crippen LogP contribution in [0, 0.1) is 0 Å². The van der Waals surface area contributed by atoms with Crippen molar-refractivity contribution in [3.05, 3.63) is 58.6 Å². The Morgan fingerprint density at radius 2 is 2.04 bits per heavy atom. The predicted octanol–water partition coefficient (Wildman–Crippen LogP) is 3.46. The molecule has 0 saturated carbocycles. The summed E-state index contributed by atoms with van der Waals surface area (Å²) >= 11 is 6.08. The first-order chi connectivity index (χ1) is 12.0. The minimum atomic E-state index is -0.717. The number of hydrogen-bond donors (Lipinski definition) is 1. The molecule has 2 amide bonds. The molecule has 0 saturated heterocycles. The molecule has 0 unspecified atom stereocenters. The second-order valence-electron chi connectivity index (χ2n) is 5.80. The lowest BCUT2D eigenvalue weighted by Gasteiger charge is -2.20. The van der Waals surface area contributed by atoms with Crippen molar-refractivity contribution in [3.63, 3.8) is 0 Å². The standard InChI is InChI=1S/C19H19ClN2O3/c1-3-25-17-7-5-4-6-13(17)11-22-16-9-8-14(20)10-15(16)18(19(22)24)21-12(2)23/h4-10,18H,3,11H2,1-2H3,(H,21,23)/t18-/m1/s1. The van der Waals surface area contributed by atoms with E-state index in [1.54, 1.807) is 23.1 Å². The second-order valence-corrected chi connectivity index (χ2v) is 6.24. The molecule has 0 fully saturated rings. The molecule has 5 nitrogen and oxygen atoms in total. The molecule has 25 heavy (non-hydrogen) atoms. The molecule has 3 rings (SSSR count). The van der Waals surface area contributed by atoms with Crippen LogP contribution in [0.25, 0.3) is 0 Å². The summed E-state index contributed by atoms with van der Waals surface area (Å²) in [5.41, 5.74) is 2.36. The Bertz CT molecular complexity index is 822. The summed E-state index contributed by atoms with van der Waals surface area (Å²) in [5, 5.41) is 3.24. The number of nitrogens with one attached hydrogen (secondary N) is 1. The van der Waals surface area contributed by atoms with Crippen molar-refractivity contribution in [2.75, 3.05) is 11.5 Å². The number of carbonyl (C=O) groups is 2. The molecule has 130 valence electrons. The third kappa shape index (κ3) is 3.46. The van der Waals surface area contributed by atoms with Gasteiger partial charge >= 0.3 is 0 Å². The molecule has 1 heterocycles. The van der Waals surface area contributed by atoms with Crippen LogP contribution in [-0.4, -0.2) is 18.4 Å². The molecular weight excluding hydrogens is 340 g/mol. The zero-order valence-corrected chi connectivity index (χ0v) is 14.8. The zero-order chi connectivity index (χ0) is 18.0. The predicted molar refractivity (Wildman–Crippen MR) is 96.8 cm³/mol. The van der Waals surface area contributed by atoms with Gasteiger partial charge in [-0.1, -0.05) is 29.8 Å². The fourth-order valence-electron chi connectivity index (χ4n) is 3.02. The molecule has 1 aliphatic rings. The summed E-state index contributed by atoms with van der Waals surface area (Å²) < 4.78 is 5.65. The van der Waals surface area contributed by atoms with E-state index in [2.05, 4.69) is 5.32 Å². The van der Waals surface area contributed by atoms with Crippen LogP contribution in [-0.2, 0) is 16.1 Å². The normalized spacial score (nSPS) is 15.9. The summed E-state index contributed by atoms with van der Waals surface area (Å²) in [6.45, 7) is 4.22. The number of fused-ring (bicyclic) bond motifs is 1. The van der Waals surface area contributed by atoms with Gasteiger partial charge in [0.15, 0.2) is 0 Å². The maximum absolute atomic E-state index is 12.9. The van der Waals surface area contributed by atoms with Crippen LogP contribution in [0.5, 0.6) is 5.75 Å². The maximum atomic E-state index is 12.9. The van der Waals surface area contributed by atoms with Gasteiger partial charge in [0.1, 0.15) is 11.8 Å². The van der Waals surface area contributed by atoms with Gasteiger partial charge in [-0.25, -0.2) is 0 Å². The highest BCUT2D eigenvalue weighted by Crippen LogP contribution is 2.39. The van der Waals surface area contributed by atoms with Gasteiger partial charge in [0.2, 0.25) is 5.91 Å². The van der Waals surface area contributed by atoms with E-state index in [1.807, 2.05) is 31.2 Å². The highest BCUT2D eigenvalue weighted by Gasteiger charge is 2.38. The number of ether oxygens (including phenoxy) is 1. The highest BCUT2D eigenvalue weighted by molar-refractivity contribution is 6.31. The van der Waals surface area contributed by atoms with E-state index in [4.69, 9.17) is 16.3 Å². The molecule has 0 aliphatic carbocycles. The lowest BCUT2D eigenvalue weighted by molar-refractivity contribution is -0.126. The first kappa shape index (κ1) is 17.3.